The van der Waals surface area contributed by atoms with Gasteiger partial charge in [-0.05, 0) is 32.0 Å². The van der Waals surface area contributed by atoms with Gasteiger partial charge in [0.25, 0.3) is 0 Å². The van der Waals surface area contributed by atoms with Crippen molar-refractivity contribution in [1.82, 2.24) is 9.88 Å². The molecule has 0 spiro atoms. The Morgan fingerprint density at radius 1 is 1.44 bits per heavy atom. The molecule has 4 N–H and O–H groups in total. The maximum atomic E-state index is 5.30. The van der Waals surface area contributed by atoms with Gasteiger partial charge in [-0.3, -0.25) is 0 Å². The SMILES string of the molecule is CN(CCNc1cccc(NN)n1)C1CC1. The van der Waals surface area contributed by atoms with E-state index in [0.717, 1.165) is 24.9 Å². The topological polar surface area (TPSA) is 66.2 Å². The van der Waals surface area contributed by atoms with E-state index in [2.05, 4.69) is 27.7 Å². The first-order chi connectivity index (χ1) is 7.79. The third-order valence-corrected chi connectivity index (χ3v) is 2.84. The number of nitrogens with one attached hydrogen (secondary N) is 2. The maximum absolute atomic E-state index is 5.30. The number of nitrogens with zero attached hydrogens (tertiary/aromatic N) is 2. The Kier molecular flexibility index (Phi) is 3.58. The molecule has 1 heterocycles. The lowest BCUT2D eigenvalue weighted by Crippen LogP contribution is -2.27. The molecule has 0 bridgehead atoms. The molecular weight excluding hydrogens is 202 g/mol. The van der Waals surface area contributed by atoms with E-state index >= 15 is 0 Å². The molecule has 5 heteroatoms. The van der Waals surface area contributed by atoms with Gasteiger partial charge in [0.05, 0.1) is 0 Å². The van der Waals surface area contributed by atoms with Crippen molar-refractivity contribution in [2.45, 2.75) is 18.9 Å². The lowest BCUT2D eigenvalue weighted by molar-refractivity contribution is 0.337. The zero-order valence-corrected chi connectivity index (χ0v) is 9.61. The van der Waals surface area contributed by atoms with Crippen LogP contribution in [-0.2, 0) is 0 Å². The first-order valence-electron chi connectivity index (χ1n) is 5.67. The molecule has 1 aromatic heterocycles. The van der Waals surface area contributed by atoms with E-state index in [1.165, 1.54) is 12.8 Å². The number of aromatic nitrogens is 1. The van der Waals surface area contributed by atoms with Crippen LogP contribution in [0.5, 0.6) is 0 Å². The highest BCUT2D eigenvalue weighted by Crippen LogP contribution is 2.24. The summed E-state index contributed by atoms with van der Waals surface area (Å²) in [6.07, 6.45) is 2.70. The van der Waals surface area contributed by atoms with Gasteiger partial charge in [0.1, 0.15) is 11.6 Å². The van der Waals surface area contributed by atoms with Crippen molar-refractivity contribution >= 4 is 11.6 Å². The highest BCUT2D eigenvalue weighted by molar-refractivity contribution is 5.44. The number of rotatable bonds is 6. The average molecular weight is 221 g/mol. The van der Waals surface area contributed by atoms with Crippen LogP contribution < -0.4 is 16.6 Å². The molecule has 1 fully saturated rings. The number of hydrazine groups is 1. The summed E-state index contributed by atoms with van der Waals surface area (Å²) in [6.45, 7) is 1.96. The van der Waals surface area contributed by atoms with E-state index in [-0.39, 0.29) is 0 Å². The zero-order valence-electron chi connectivity index (χ0n) is 9.61. The fourth-order valence-corrected chi connectivity index (χ4v) is 1.67. The standard InChI is InChI=1S/C11H19N5/c1-16(9-5-6-9)8-7-13-10-3-2-4-11(14-10)15-12/h2-4,9H,5-8,12H2,1H3,(H2,13,14,15). The lowest BCUT2D eigenvalue weighted by Gasteiger charge is -2.16. The van der Waals surface area contributed by atoms with Crippen molar-refractivity contribution in [2.24, 2.45) is 5.84 Å². The summed E-state index contributed by atoms with van der Waals surface area (Å²) in [5, 5.41) is 3.28. The number of hydrogen-bond donors (Lipinski definition) is 3. The second kappa shape index (κ2) is 5.14. The number of hydrogen-bond acceptors (Lipinski definition) is 5. The van der Waals surface area contributed by atoms with Gasteiger partial charge in [0.2, 0.25) is 0 Å². The third-order valence-electron chi connectivity index (χ3n) is 2.84. The van der Waals surface area contributed by atoms with Gasteiger partial charge in [-0.1, -0.05) is 6.07 Å². The summed E-state index contributed by atoms with van der Waals surface area (Å²) in [6, 6.07) is 6.51. The second-order valence-corrected chi connectivity index (χ2v) is 4.19. The summed E-state index contributed by atoms with van der Waals surface area (Å²) in [4.78, 5) is 6.67. The number of nitrogens with two attached hydrogens (primary N) is 1. The number of likely N-dealkylation sites (N-methyl/N-ethyl adjacent to an activating group) is 1. The van der Waals surface area contributed by atoms with Crippen LogP contribution in [0.3, 0.4) is 0 Å². The average Bonchev–Trinajstić information content (AvgIpc) is 3.13. The predicted octanol–water partition coefficient (Wildman–Crippen LogP) is 0.873. The first-order valence-corrected chi connectivity index (χ1v) is 5.67. The van der Waals surface area contributed by atoms with Gasteiger partial charge in [0.15, 0.2) is 0 Å². The third kappa shape index (κ3) is 3.08. The van der Waals surface area contributed by atoms with Crippen molar-refractivity contribution in [2.75, 3.05) is 30.9 Å². The fourth-order valence-electron chi connectivity index (χ4n) is 1.67. The van der Waals surface area contributed by atoms with Crippen molar-refractivity contribution in [1.29, 1.82) is 0 Å². The summed E-state index contributed by atoms with van der Waals surface area (Å²) < 4.78 is 0. The first kappa shape index (κ1) is 11.2. The van der Waals surface area contributed by atoms with Gasteiger partial charge in [0, 0.05) is 19.1 Å². The Labute approximate surface area is 96.0 Å². The molecule has 0 aliphatic heterocycles. The highest BCUT2D eigenvalue weighted by Gasteiger charge is 2.25. The Morgan fingerprint density at radius 3 is 2.88 bits per heavy atom. The number of nitrogen functional groups attached to an aromatic ring is 1. The van der Waals surface area contributed by atoms with Crippen LogP contribution in [0.4, 0.5) is 11.6 Å². The second-order valence-electron chi connectivity index (χ2n) is 4.19. The molecule has 1 aliphatic carbocycles. The normalized spacial score (nSPS) is 15.2. The molecule has 88 valence electrons. The molecule has 0 radical (unpaired) electrons. The van der Waals surface area contributed by atoms with E-state index in [1.54, 1.807) is 0 Å². The maximum Gasteiger partial charge on any atom is 0.142 e. The monoisotopic (exact) mass is 221 g/mol. The van der Waals surface area contributed by atoms with E-state index in [4.69, 9.17) is 5.84 Å². The van der Waals surface area contributed by atoms with Gasteiger partial charge in [-0.15, -0.1) is 0 Å². The van der Waals surface area contributed by atoms with Crippen LogP contribution in [0.2, 0.25) is 0 Å². The molecule has 5 nitrogen and oxygen atoms in total. The Morgan fingerprint density at radius 2 is 2.19 bits per heavy atom. The van der Waals surface area contributed by atoms with Crippen LogP contribution in [0.15, 0.2) is 18.2 Å². The van der Waals surface area contributed by atoms with Crippen molar-refractivity contribution in [3.63, 3.8) is 0 Å². The minimum Gasteiger partial charge on any atom is -0.369 e. The quantitative estimate of drug-likeness (QED) is 0.491. The number of pyridine rings is 1. The molecule has 0 atom stereocenters. The van der Waals surface area contributed by atoms with Crippen LogP contribution in [0.1, 0.15) is 12.8 Å². The number of anilines is 2. The Hall–Kier alpha value is -1.33. The van der Waals surface area contributed by atoms with Crippen LogP contribution in [0.25, 0.3) is 0 Å². The van der Waals surface area contributed by atoms with Crippen molar-refractivity contribution < 1.29 is 0 Å². The zero-order chi connectivity index (χ0) is 11.4. The molecule has 1 aliphatic rings. The van der Waals surface area contributed by atoms with Gasteiger partial charge in [-0.2, -0.15) is 0 Å². The predicted molar refractivity (Wildman–Crippen MR) is 66.2 cm³/mol. The van der Waals surface area contributed by atoms with E-state index in [0.29, 0.717) is 5.82 Å². The van der Waals surface area contributed by atoms with E-state index in [9.17, 15) is 0 Å². The Bertz CT molecular complexity index is 337. The van der Waals surface area contributed by atoms with E-state index < -0.39 is 0 Å². The summed E-state index contributed by atoms with van der Waals surface area (Å²) >= 11 is 0. The smallest absolute Gasteiger partial charge is 0.142 e. The molecule has 0 unspecified atom stereocenters. The summed E-state index contributed by atoms with van der Waals surface area (Å²) in [5.74, 6) is 6.84. The lowest BCUT2D eigenvalue weighted by atomic mass is 10.4. The molecular formula is C11H19N5. The van der Waals surface area contributed by atoms with Crippen molar-refractivity contribution in [3.05, 3.63) is 18.2 Å². The Balaban J connectivity index is 1.75. The van der Waals surface area contributed by atoms with E-state index in [1.807, 2.05) is 18.2 Å². The van der Waals surface area contributed by atoms with Gasteiger partial charge >= 0.3 is 0 Å². The summed E-state index contributed by atoms with van der Waals surface area (Å²) in [7, 11) is 2.17. The molecule has 0 saturated heterocycles. The van der Waals surface area contributed by atoms with Crippen LogP contribution in [-0.4, -0.2) is 36.1 Å². The molecule has 2 rings (SSSR count). The molecule has 16 heavy (non-hydrogen) atoms. The minimum absolute atomic E-state index is 0.681. The highest BCUT2D eigenvalue weighted by atomic mass is 15.3. The molecule has 0 aromatic carbocycles. The minimum atomic E-state index is 0.681. The molecule has 0 amide bonds. The van der Waals surface area contributed by atoms with Crippen LogP contribution in [0, 0.1) is 0 Å². The largest absolute Gasteiger partial charge is 0.369 e. The van der Waals surface area contributed by atoms with Gasteiger partial charge in [-0.25, -0.2) is 10.8 Å². The van der Waals surface area contributed by atoms with Crippen molar-refractivity contribution in [3.8, 4) is 0 Å². The van der Waals surface area contributed by atoms with Gasteiger partial charge < -0.3 is 15.6 Å². The molecule has 1 aromatic rings. The molecule has 1 saturated carbocycles. The summed E-state index contributed by atoms with van der Waals surface area (Å²) in [5.41, 5.74) is 2.53. The fraction of sp³-hybridized carbons (Fsp3) is 0.545. The van der Waals surface area contributed by atoms with Crippen LogP contribution >= 0.6 is 0 Å².